The van der Waals surface area contributed by atoms with E-state index in [-0.39, 0.29) is 17.9 Å². The number of hydrogen-bond acceptors (Lipinski definition) is 3. The second-order valence-corrected chi connectivity index (χ2v) is 4.74. The Morgan fingerprint density at radius 1 is 0.947 bits per heavy atom. The molecule has 0 radical (unpaired) electrons. The number of nitrogens with zero attached hydrogens (tertiary/aromatic N) is 1. The van der Waals surface area contributed by atoms with Gasteiger partial charge in [-0.1, -0.05) is 29.8 Å². The largest absolute Gasteiger partial charge is 0.359 e. The second kappa shape index (κ2) is 4.48. The molecule has 0 saturated carbocycles. The van der Waals surface area contributed by atoms with Crippen LogP contribution in [0.4, 0.5) is 5.69 Å². The van der Waals surface area contributed by atoms with Crippen molar-refractivity contribution in [2.45, 2.75) is 19.1 Å². The van der Waals surface area contributed by atoms with Crippen LogP contribution in [0, 0.1) is 17.0 Å². The summed E-state index contributed by atoms with van der Waals surface area (Å²) in [6, 6.07) is 14.8. The van der Waals surface area contributed by atoms with Crippen molar-refractivity contribution in [3.8, 4) is 0 Å². The maximum atomic E-state index is 10.6. The van der Waals surface area contributed by atoms with Gasteiger partial charge in [0.2, 0.25) is 0 Å². The highest BCUT2D eigenvalue weighted by Crippen LogP contribution is 2.50. The average Bonchev–Trinajstić information content (AvgIpc) is 3.20. The predicted molar refractivity (Wildman–Crippen MR) is 70.8 cm³/mol. The molecule has 0 N–H and O–H groups in total. The Morgan fingerprint density at radius 3 is 1.89 bits per heavy atom. The Kier molecular flexibility index (Phi) is 2.80. The minimum atomic E-state index is -0.394. The average molecular weight is 255 g/mol. The number of benzene rings is 2. The number of ether oxygens (including phenoxy) is 1. The van der Waals surface area contributed by atoms with Crippen molar-refractivity contribution >= 4 is 5.69 Å². The molecule has 1 fully saturated rings. The zero-order chi connectivity index (χ0) is 13.4. The second-order valence-electron chi connectivity index (χ2n) is 4.74. The van der Waals surface area contributed by atoms with Crippen LogP contribution in [0.2, 0.25) is 0 Å². The van der Waals surface area contributed by atoms with Crippen LogP contribution in [0.15, 0.2) is 48.5 Å². The SMILES string of the molecule is Cc1ccc([C@@H]2O[C@H]2c2ccc([N+](=O)[O-])cc2)cc1. The van der Waals surface area contributed by atoms with Crippen molar-refractivity contribution in [2.75, 3.05) is 0 Å². The first-order valence-corrected chi connectivity index (χ1v) is 6.11. The summed E-state index contributed by atoms with van der Waals surface area (Å²) in [4.78, 5) is 10.2. The van der Waals surface area contributed by atoms with E-state index in [1.807, 2.05) is 6.92 Å². The summed E-state index contributed by atoms with van der Waals surface area (Å²) in [6.45, 7) is 2.05. The Morgan fingerprint density at radius 2 is 1.42 bits per heavy atom. The Balaban J connectivity index is 1.75. The molecule has 0 spiro atoms. The molecule has 2 atom stereocenters. The van der Waals surface area contributed by atoms with Gasteiger partial charge in [-0.05, 0) is 30.2 Å². The van der Waals surface area contributed by atoms with Crippen LogP contribution in [0.1, 0.15) is 28.9 Å². The molecule has 3 rings (SSSR count). The summed E-state index contributed by atoms with van der Waals surface area (Å²) < 4.78 is 5.66. The maximum Gasteiger partial charge on any atom is 0.269 e. The minimum absolute atomic E-state index is 0.0171. The molecular formula is C15H13NO3. The van der Waals surface area contributed by atoms with Gasteiger partial charge in [0.25, 0.3) is 5.69 Å². The van der Waals surface area contributed by atoms with E-state index >= 15 is 0 Å². The van der Waals surface area contributed by atoms with Crippen molar-refractivity contribution < 1.29 is 9.66 Å². The van der Waals surface area contributed by atoms with E-state index in [2.05, 4.69) is 24.3 Å². The molecule has 2 aromatic rings. The van der Waals surface area contributed by atoms with E-state index in [4.69, 9.17) is 4.74 Å². The summed E-state index contributed by atoms with van der Waals surface area (Å²) in [5.74, 6) is 0. The number of rotatable bonds is 3. The lowest BCUT2D eigenvalue weighted by Crippen LogP contribution is -1.89. The molecule has 0 aliphatic carbocycles. The molecular weight excluding hydrogens is 242 g/mol. The van der Waals surface area contributed by atoms with Crippen molar-refractivity contribution in [1.82, 2.24) is 0 Å². The molecule has 0 unspecified atom stereocenters. The maximum absolute atomic E-state index is 10.6. The fourth-order valence-electron chi connectivity index (χ4n) is 2.16. The highest BCUT2D eigenvalue weighted by atomic mass is 16.6. The standard InChI is InChI=1S/C15H13NO3/c1-10-2-4-11(5-3-10)14-15(19-14)12-6-8-13(9-7-12)16(17)18/h2-9,14-15H,1H3/t14-,15-/m0/s1. The third kappa shape index (κ3) is 2.35. The van der Waals surface area contributed by atoms with Crippen LogP contribution in [-0.4, -0.2) is 4.92 Å². The Hall–Kier alpha value is -2.20. The molecule has 0 bridgehead atoms. The van der Waals surface area contributed by atoms with Crippen molar-refractivity contribution in [3.05, 3.63) is 75.3 Å². The number of non-ortho nitro benzene ring substituents is 1. The van der Waals surface area contributed by atoms with Crippen LogP contribution < -0.4 is 0 Å². The predicted octanol–water partition coefficient (Wildman–Crippen LogP) is 3.72. The first kappa shape index (κ1) is 11.9. The van der Waals surface area contributed by atoms with E-state index in [1.165, 1.54) is 17.7 Å². The van der Waals surface area contributed by atoms with Gasteiger partial charge in [-0.15, -0.1) is 0 Å². The summed E-state index contributed by atoms with van der Waals surface area (Å²) in [5.41, 5.74) is 3.46. The van der Waals surface area contributed by atoms with Crippen LogP contribution in [0.3, 0.4) is 0 Å². The van der Waals surface area contributed by atoms with Crippen molar-refractivity contribution in [1.29, 1.82) is 0 Å². The smallest absolute Gasteiger partial charge is 0.269 e. The van der Waals surface area contributed by atoms with Gasteiger partial charge in [0.15, 0.2) is 0 Å². The Bertz CT molecular complexity index is 604. The molecule has 96 valence electrons. The van der Waals surface area contributed by atoms with E-state index in [0.29, 0.717) is 0 Å². The summed E-state index contributed by atoms with van der Waals surface area (Å²) in [5, 5.41) is 10.6. The molecule has 2 aromatic carbocycles. The van der Waals surface area contributed by atoms with Crippen LogP contribution >= 0.6 is 0 Å². The highest BCUT2D eigenvalue weighted by molar-refractivity contribution is 5.37. The lowest BCUT2D eigenvalue weighted by molar-refractivity contribution is -0.384. The molecule has 1 saturated heterocycles. The quantitative estimate of drug-likeness (QED) is 0.477. The molecule has 0 aromatic heterocycles. The summed E-state index contributed by atoms with van der Waals surface area (Å²) in [6.07, 6.45) is 0.0885. The fourth-order valence-corrected chi connectivity index (χ4v) is 2.16. The third-order valence-corrected chi connectivity index (χ3v) is 3.33. The summed E-state index contributed by atoms with van der Waals surface area (Å²) in [7, 11) is 0. The van der Waals surface area contributed by atoms with Gasteiger partial charge in [-0.3, -0.25) is 10.1 Å². The topological polar surface area (TPSA) is 55.7 Å². The first-order valence-electron chi connectivity index (χ1n) is 6.11. The molecule has 1 aliphatic heterocycles. The zero-order valence-corrected chi connectivity index (χ0v) is 10.4. The normalized spacial score (nSPS) is 21.1. The van der Waals surface area contributed by atoms with Gasteiger partial charge in [0, 0.05) is 12.1 Å². The first-order chi connectivity index (χ1) is 9.15. The van der Waals surface area contributed by atoms with Crippen molar-refractivity contribution in [2.24, 2.45) is 0 Å². The molecule has 4 nitrogen and oxygen atoms in total. The van der Waals surface area contributed by atoms with Gasteiger partial charge >= 0.3 is 0 Å². The summed E-state index contributed by atoms with van der Waals surface area (Å²) >= 11 is 0. The monoisotopic (exact) mass is 255 g/mol. The lowest BCUT2D eigenvalue weighted by Gasteiger charge is -1.98. The van der Waals surface area contributed by atoms with Gasteiger partial charge < -0.3 is 4.74 Å². The van der Waals surface area contributed by atoms with Crippen molar-refractivity contribution in [3.63, 3.8) is 0 Å². The molecule has 0 amide bonds. The number of aryl methyl sites for hydroxylation is 1. The molecule has 1 aliphatic rings. The number of nitro benzene ring substituents is 1. The molecule has 19 heavy (non-hydrogen) atoms. The highest BCUT2D eigenvalue weighted by Gasteiger charge is 2.41. The van der Waals surface area contributed by atoms with Gasteiger partial charge in [0.1, 0.15) is 12.2 Å². The Labute approximate surface area is 110 Å². The number of hydrogen-bond donors (Lipinski definition) is 0. The molecule has 4 heteroatoms. The van der Waals surface area contributed by atoms with E-state index in [9.17, 15) is 10.1 Å². The zero-order valence-electron chi connectivity index (χ0n) is 10.4. The van der Waals surface area contributed by atoms with E-state index < -0.39 is 4.92 Å². The van der Waals surface area contributed by atoms with Crippen LogP contribution in [0.25, 0.3) is 0 Å². The number of epoxide rings is 1. The van der Waals surface area contributed by atoms with Gasteiger partial charge in [0.05, 0.1) is 4.92 Å². The lowest BCUT2D eigenvalue weighted by atomic mass is 10.0. The molecule has 1 heterocycles. The van der Waals surface area contributed by atoms with E-state index in [0.717, 1.165) is 11.1 Å². The number of nitro groups is 1. The van der Waals surface area contributed by atoms with Crippen LogP contribution in [0.5, 0.6) is 0 Å². The minimum Gasteiger partial charge on any atom is -0.359 e. The van der Waals surface area contributed by atoms with Gasteiger partial charge in [-0.25, -0.2) is 0 Å². The van der Waals surface area contributed by atoms with Crippen LogP contribution in [-0.2, 0) is 4.74 Å². The fraction of sp³-hybridized carbons (Fsp3) is 0.200. The van der Waals surface area contributed by atoms with E-state index in [1.54, 1.807) is 12.1 Å². The third-order valence-electron chi connectivity index (χ3n) is 3.33. The van der Waals surface area contributed by atoms with Gasteiger partial charge in [-0.2, -0.15) is 0 Å².